The normalized spacial score (nSPS) is 16.5. The van der Waals surface area contributed by atoms with Gasteiger partial charge in [-0.25, -0.2) is 0 Å². The van der Waals surface area contributed by atoms with E-state index in [0.29, 0.717) is 22.6 Å². The lowest BCUT2D eigenvalue weighted by Gasteiger charge is -2.30. The Labute approximate surface area is 154 Å². The summed E-state index contributed by atoms with van der Waals surface area (Å²) in [7, 11) is 3.11. The number of hydrogen-bond acceptors (Lipinski definition) is 5. The van der Waals surface area contributed by atoms with Crippen LogP contribution in [-0.2, 0) is 10.3 Å². The number of benzene rings is 2. The fraction of sp³-hybridized carbons (Fsp3) is 0.333. The summed E-state index contributed by atoms with van der Waals surface area (Å²) in [5, 5.41) is 11.2. The first-order chi connectivity index (χ1) is 12.6. The summed E-state index contributed by atoms with van der Waals surface area (Å²) < 4.78 is 16.0. The van der Waals surface area contributed by atoms with Gasteiger partial charge in [0.15, 0.2) is 17.1 Å². The molecule has 136 valence electrons. The Morgan fingerprint density at radius 2 is 1.62 bits per heavy atom. The maximum Gasteiger partial charge on any atom is 0.176 e. The molecule has 1 unspecified atom stereocenters. The van der Waals surface area contributed by atoms with Crippen molar-refractivity contribution in [2.24, 2.45) is 0 Å². The van der Waals surface area contributed by atoms with Gasteiger partial charge in [0.2, 0.25) is 0 Å². The van der Waals surface area contributed by atoms with E-state index in [1.807, 2.05) is 24.3 Å². The SMILES string of the molecule is C#CC(O)(c1ccc(N2CCOCC2)cc1)c1ccc(OC)c(OC)c1. The quantitative estimate of drug-likeness (QED) is 0.837. The third-order valence-corrected chi connectivity index (χ3v) is 4.67. The number of methoxy groups -OCH3 is 2. The molecule has 0 amide bonds. The molecular weight excluding hydrogens is 330 g/mol. The van der Waals surface area contributed by atoms with Crippen LogP contribution in [-0.4, -0.2) is 45.6 Å². The number of anilines is 1. The van der Waals surface area contributed by atoms with Crippen LogP contribution in [0.4, 0.5) is 5.69 Å². The first-order valence-electron chi connectivity index (χ1n) is 8.48. The minimum atomic E-state index is -1.55. The van der Waals surface area contributed by atoms with Gasteiger partial charge in [-0.1, -0.05) is 24.1 Å². The van der Waals surface area contributed by atoms with Gasteiger partial charge in [-0.15, -0.1) is 6.42 Å². The largest absolute Gasteiger partial charge is 0.493 e. The zero-order chi connectivity index (χ0) is 18.6. The van der Waals surface area contributed by atoms with E-state index < -0.39 is 5.60 Å². The van der Waals surface area contributed by atoms with Crippen molar-refractivity contribution >= 4 is 5.69 Å². The number of aliphatic hydroxyl groups is 1. The second-order valence-corrected chi connectivity index (χ2v) is 6.07. The standard InChI is InChI=1S/C21H23NO4/c1-4-21(23,17-7-10-19(24-2)20(15-17)25-3)16-5-8-18(9-6-16)22-11-13-26-14-12-22/h1,5-10,15,23H,11-14H2,2-3H3. The lowest BCUT2D eigenvalue weighted by Crippen LogP contribution is -2.36. The number of hydrogen-bond donors (Lipinski definition) is 1. The Balaban J connectivity index is 1.93. The van der Waals surface area contributed by atoms with Gasteiger partial charge >= 0.3 is 0 Å². The zero-order valence-corrected chi connectivity index (χ0v) is 15.1. The first-order valence-corrected chi connectivity index (χ1v) is 8.48. The van der Waals surface area contributed by atoms with Crippen LogP contribution in [0.15, 0.2) is 42.5 Å². The van der Waals surface area contributed by atoms with Crippen molar-refractivity contribution in [3.05, 3.63) is 53.6 Å². The van der Waals surface area contributed by atoms with E-state index in [2.05, 4.69) is 10.8 Å². The molecule has 3 rings (SSSR count). The molecule has 0 radical (unpaired) electrons. The Hall–Kier alpha value is -2.68. The van der Waals surface area contributed by atoms with E-state index in [1.165, 1.54) is 0 Å². The zero-order valence-electron chi connectivity index (χ0n) is 15.1. The molecule has 0 aromatic heterocycles. The minimum Gasteiger partial charge on any atom is -0.493 e. The molecule has 5 heteroatoms. The summed E-state index contributed by atoms with van der Waals surface area (Å²) in [6.45, 7) is 3.16. The molecule has 1 saturated heterocycles. The maximum absolute atomic E-state index is 11.2. The summed E-state index contributed by atoms with van der Waals surface area (Å²) in [6.07, 6.45) is 5.72. The molecule has 26 heavy (non-hydrogen) atoms. The highest BCUT2D eigenvalue weighted by Crippen LogP contribution is 2.36. The van der Waals surface area contributed by atoms with Crippen molar-refractivity contribution in [2.75, 3.05) is 45.4 Å². The van der Waals surface area contributed by atoms with Crippen LogP contribution < -0.4 is 14.4 Å². The van der Waals surface area contributed by atoms with Crippen molar-refractivity contribution < 1.29 is 19.3 Å². The topological polar surface area (TPSA) is 51.2 Å². The predicted molar refractivity (Wildman–Crippen MR) is 101 cm³/mol. The van der Waals surface area contributed by atoms with E-state index in [9.17, 15) is 5.11 Å². The van der Waals surface area contributed by atoms with Crippen LogP contribution in [0.1, 0.15) is 11.1 Å². The molecule has 2 aromatic rings. The van der Waals surface area contributed by atoms with Crippen LogP contribution in [0.5, 0.6) is 11.5 Å². The highest BCUT2D eigenvalue weighted by molar-refractivity contribution is 5.54. The monoisotopic (exact) mass is 353 g/mol. The molecule has 2 aromatic carbocycles. The molecule has 1 heterocycles. The molecule has 0 bridgehead atoms. The average Bonchev–Trinajstić information content (AvgIpc) is 2.73. The summed E-state index contributed by atoms with van der Waals surface area (Å²) >= 11 is 0. The van der Waals surface area contributed by atoms with Gasteiger partial charge < -0.3 is 24.2 Å². The third-order valence-electron chi connectivity index (χ3n) is 4.67. The van der Waals surface area contributed by atoms with Crippen LogP contribution >= 0.6 is 0 Å². The summed E-state index contributed by atoms with van der Waals surface area (Å²) in [4.78, 5) is 2.25. The molecule has 0 saturated carbocycles. The van der Waals surface area contributed by atoms with Gasteiger partial charge in [0, 0.05) is 29.9 Å². The van der Waals surface area contributed by atoms with Crippen LogP contribution in [0.3, 0.4) is 0 Å². The molecule has 1 atom stereocenters. The summed E-state index contributed by atoms with van der Waals surface area (Å²) in [5.74, 6) is 3.62. The Bertz CT molecular complexity index is 791. The van der Waals surface area contributed by atoms with Crippen molar-refractivity contribution in [3.63, 3.8) is 0 Å². The fourth-order valence-electron chi connectivity index (χ4n) is 3.13. The number of nitrogens with zero attached hydrogens (tertiary/aromatic N) is 1. The van der Waals surface area contributed by atoms with Gasteiger partial charge in [0.1, 0.15) is 0 Å². The highest BCUT2D eigenvalue weighted by atomic mass is 16.5. The summed E-state index contributed by atoms with van der Waals surface area (Å²) in [5.41, 5.74) is 0.716. The Morgan fingerprint density at radius 1 is 1.00 bits per heavy atom. The molecule has 1 fully saturated rings. The van der Waals surface area contributed by atoms with Gasteiger partial charge in [-0.3, -0.25) is 0 Å². The lowest BCUT2D eigenvalue weighted by molar-refractivity contribution is 0.122. The van der Waals surface area contributed by atoms with E-state index in [1.54, 1.807) is 32.4 Å². The maximum atomic E-state index is 11.2. The Kier molecular flexibility index (Phi) is 5.36. The number of ether oxygens (including phenoxy) is 3. The van der Waals surface area contributed by atoms with Gasteiger partial charge in [0.05, 0.1) is 27.4 Å². The van der Waals surface area contributed by atoms with E-state index in [4.69, 9.17) is 20.6 Å². The average molecular weight is 353 g/mol. The third kappa shape index (κ3) is 3.34. The smallest absolute Gasteiger partial charge is 0.176 e. The van der Waals surface area contributed by atoms with Crippen molar-refractivity contribution in [1.82, 2.24) is 0 Å². The second-order valence-electron chi connectivity index (χ2n) is 6.07. The van der Waals surface area contributed by atoms with Gasteiger partial charge in [-0.2, -0.15) is 0 Å². The van der Waals surface area contributed by atoms with Crippen LogP contribution in [0.2, 0.25) is 0 Å². The minimum absolute atomic E-state index is 0.517. The molecule has 5 nitrogen and oxygen atoms in total. The summed E-state index contributed by atoms with van der Waals surface area (Å²) in [6, 6.07) is 12.9. The van der Waals surface area contributed by atoms with E-state index in [-0.39, 0.29) is 0 Å². The van der Waals surface area contributed by atoms with Crippen molar-refractivity contribution in [1.29, 1.82) is 0 Å². The predicted octanol–water partition coefficient (Wildman–Crippen LogP) is 2.41. The Morgan fingerprint density at radius 3 is 2.19 bits per heavy atom. The lowest BCUT2D eigenvalue weighted by atomic mass is 9.86. The molecule has 1 N–H and O–H groups in total. The molecular formula is C21H23NO4. The molecule has 0 aliphatic carbocycles. The number of morpholine rings is 1. The van der Waals surface area contributed by atoms with Crippen LogP contribution in [0.25, 0.3) is 0 Å². The van der Waals surface area contributed by atoms with Crippen molar-refractivity contribution in [2.45, 2.75) is 5.60 Å². The molecule has 0 spiro atoms. The van der Waals surface area contributed by atoms with E-state index in [0.717, 1.165) is 32.0 Å². The van der Waals surface area contributed by atoms with E-state index >= 15 is 0 Å². The molecule has 1 aliphatic rings. The number of rotatable bonds is 5. The van der Waals surface area contributed by atoms with Gasteiger partial charge in [0.25, 0.3) is 0 Å². The van der Waals surface area contributed by atoms with Crippen molar-refractivity contribution in [3.8, 4) is 23.8 Å². The molecule has 1 aliphatic heterocycles. The number of terminal acetylenes is 1. The first kappa shape index (κ1) is 18.1. The second kappa shape index (κ2) is 7.69. The highest BCUT2D eigenvalue weighted by Gasteiger charge is 2.30. The van der Waals surface area contributed by atoms with Gasteiger partial charge in [-0.05, 0) is 24.3 Å². The van der Waals surface area contributed by atoms with Crippen LogP contribution in [0, 0.1) is 12.3 Å². The fourth-order valence-corrected chi connectivity index (χ4v) is 3.13.